The molecule has 0 bridgehead atoms. The van der Waals surface area contributed by atoms with Crippen LogP contribution in [-0.2, 0) is 23.0 Å². The third-order valence-corrected chi connectivity index (χ3v) is 6.45. The van der Waals surface area contributed by atoms with Gasteiger partial charge in [-0.1, -0.05) is 48.0 Å². The standard InChI is InChI=1S/C21H28N4O2S/c1-3-22-21(24-16-18-8-6-7-17(2)15-18)23-12-14-28(26,27)25-13-11-19-9-4-5-10-20(19)25/h4-10,15H,3,11-14,16H2,1-2H3,(H2,22,23,24). The second-order valence-electron chi connectivity index (χ2n) is 6.88. The minimum Gasteiger partial charge on any atom is -0.357 e. The van der Waals surface area contributed by atoms with Crippen molar-refractivity contribution in [2.75, 3.05) is 29.7 Å². The molecule has 0 aromatic heterocycles. The molecule has 0 unspecified atom stereocenters. The average Bonchev–Trinajstić information content (AvgIpc) is 3.11. The Bertz CT molecular complexity index is 941. The van der Waals surface area contributed by atoms with Crippen LogP contribution in [0.3, 0.4) is 0 Å². The fourth-order valence-corrected chi connectivity index (χ4v) is 4.76. The molecule has 0 aliphatic carbocycles. The smallest absolute Gasteiger partial charge is 0.236 e. The summed E-state index contributed by atoms with van der Waals surface area (Å²) in [5, 5.41) is 6.31. The number of fused-ring (bicyclic) bond motifs is 1. The molecule has 2 aromatic carbocycles. The van der Waals surface area contributed by atoms with Crippen LogP contribution in [0.5, 0.6) is 0 Å². The van der Waals surface area contributed by atoms with Crippen molar-refractivity contribution in [2.45, 2.75) is 26.8 Å². The lowest BCUT2D eigenvalue weighted by molar-refractivity contribution is 0.591. The van der Waals surface area contributed by atoms with E-state index in [-0.39, 0.29) is 5.75 Å². The second-order valence-corrected chi connectivity index (χ2v) is 8.89. The van der Waals surface area contributed by atoms with E-state index in [4.69, 9.17) is 0 Å². The molecule has 0 saturated carbocycles. The zero-order valence-corrected chi connectivity index (χ0v) is 17.3. The van der Waals surface area contributed by atoms with Gasteiger partial charge in [0.05, 0.1) is 18.0 Å². The highest BCUT2D eigenvalue weighted by Gasteiger charge is 2.28. The first kappa shape index (κ1) is 20.2. The molecule has 2 aromatic rings. The van der Waals surface area contributed by atoms with Gasteiger partial charge in [-0.15, -0.1) is 0 Å². The van der Waals surface area contributed by atoms with Gasteiger partial charge in [0.2, 0.25) is 10.0 Å². The van der Waals surface area contributed by atoms with Crippen LogP contribution in [0.1, 0.15) is 23.6 Å². The molecule has 0 fully saturated rings. The molecule has 0 atom stereocenters. The molecule has 7 heteroatoms. The number of anilines is 1. The lowest BCUT2D eigenvalue weighted by Gasteiger charge is -2.20. The van der Waals surface area contributed by atoms with Gasteiger partial charge < -0.3 is 10.6 Å². The predicted octanol–water partition coefficient (Wildman–Crippen LogP) is 2.44. The summed E-state index contributed by atoms with van der Waals surface area (Å²) in [6, 6.07) is 15.9. The number of rotatable bonds is 7. The summed E-state index contributed by atoms with van der Waals surface area (Å²) >= 11 is 0. The molecule has 0 radical (unpaired) electrons. The molecule has 6 nitrogen and oxygen atoms in total. The Labute approximate surface area is 167 Å². The van der Waals surface area contributed by atoms with Crippen molar-refractivity contribution in [3.63, 3.8) is 0 Å². The van der Waals surface area contributed by atoms with Crippen LogP contribution in [0.25, 0.3) is 0 Å². The fourth-order valence-electron chi connectivity index (χ4n) is 3.33. The highest BCUT2D eigenvalue weighted by atomic mass is 32.2. The van der Waals surface area contributed by atoms with Crippen molar-refractivity contribution in [1.82, 2.24) is 10.6 Å². The zero-order valence-electron chi connectivity index (χ0n) is 16.5. The molecular formula is C21H28N4O2S. The molecule has 1 aliphatic rings. The van der Waals surface area contributed by atoms with Crippen LogP contribution < -0.4 is 14.9 Å². The molecule has 3 rings (SSSR count). The number of benzene rings is 2. The van der Waals surface area contributed by atoms with E-state index in [1.165, 1.54) is 9.87 Å². The molecule has 0 amide bonds. The van der Waals surface area contributed by atoms with Crippen molar-refractivity contribution in [3.8, 4) is 0 Å². The van der Waals surface area contributed by atoms with Crippen LogP contribution in [-0.4, -0.2) is 39.8 Å². The molecule has 2 N–H and O–H groups in total. The van der Waals surface area contributed by atoms with Crippen LogP contribution in [0, 0.1) is 6.92 Å². The highest BCUT2D eigenvalue weighted by molar-refractivity contribution is 7.92. The van der Waals surface area contributed by atoms with E-state index in [0.29, 0.717) is 32.1 Å². The summed E-state index contributed by atoms with van der Waals surface area (Å²) in [6.45, 7) is 6.12. The van der Waals surface area contributed by atoms with Gasteiger partial charge in [-0.3, -0.25) is 4.31 Å². The first-order chi connectivity index (χ1) is 13.5. The first-order valence-corrected chi connectivity index (χ1v) is 11.3. The number of hydrogen-bond donors (Lipinski definition) is 2. The van der Waals surface area contributed by atoms with Gasteiger partial charge >= 0.3 is 0 Å². The van der Waals surface area contributed by atoms with Gasteiger partial charge in [-0.2, -0.15) is 0 Å². The Hall–Kier alpha value is -2.54. The molecule has 0 spiro atoms. The molecule has 1 heterocycles. The van der Waals surface area contributed by atoms with E-state index >= 15 is 0 Å². The Morgan fingerprint density at radius 3 is 2.75 bits per heavy atom. The molecule has 150 valence electrons. The number of aryl methyl sites for hydroxylation is 1. The van der Waals surface area contributed by atoms with E-state index in [1.807, 2.05) is 43.3 Å². The zero-order chi connectivity index (χ0) is 20.0. The number of para-hydroxylation sites is 1. The second kappa shape index (κ2) is 9.10. The maximum Gasteiger partial charge on any atom is 0.236 e. The Morgan fingerprint density at radius 1 is 1.14 bits per heavy atom. The number of guanidine groups is 1. The van der Waals surface area contributed by atoms with E-state index < -0.39 is 10.0 Å². The summed E-state index contributed by atoms with van der Waals surface area (Å²) < 4.78 is 27.1. The molecular weight excluding hydrogens is 372 g/mol. The van der Waals surface area contributed by atoms with Crippen LogP contribution in [0.4, 0.5) is 5.69 Å². The maximum absolute atomic E-state index is 12.8. The normalized spacial score (nSPS) is 14.1. The van der Waals surface area contributed by atoms with Gasteiger partial charge in [0.15, 0.2) is 5.96 Å². The minimum atomic E-state index is -3.37. The van der Waals surface area contributed by atoms with Crippen molar-refractivity contribution in [2.24, 2.45) is 4.99 Å². The van der Waals surface area contributed by atoms with Gasteiger partial charge in [-0.05, 0) is 37.5 Å². The molecule has 28 heavy (non-hydrogen) atoms. The molecule has 1 aliphatic heterocycles. The largest absolute Gasteiger partial charge is 0.357 e. The van der Waals surface area contributed by atoms with Crippen LogP contribution >= 0.6 is 0 Å². The fraction of sp³-hybridized carbons (Fsp3) is 0.381. The van der Waals surface area contributed by atoms with Gasteiger partial charge in [0.1, 0.15) is 0 Å². The Balaban J connectivity index is 1.59. The number of hydrogen-bond acceptors (Lipinski definition) is 3. The number of sulfonamides is 1. The van der Waals surface area contributed by atoms with Crippen molar-refractivity contribution >= 4 is 21.7 Å². The van der Waals surface area contributed by atoms with Gasteiger partial charge in [0.25, 0.3) is 0 Å². The van der Waals surface area contributed by atoms with Crippen molar-refractivity contribution in [3.05, 3.63) is 65.2 Å². The van der Waals surface area contributed by atoms with Gasteiger partial charge in [-0.25, -0.2) is 13.4 Å². The number of aliphatic imine (C=N–C) groups is 1. The quantitative estimate of drug-likeness (QED) is 0.553. The summed E-state index contributed by atoms with van der Waals surface area (Å²) in [5.74, 6) is 0.650. The van der Waals surface area contributed by atoms with Crippen LogP contribution in [0.15, 0.2) is 53.5 Å². The SMILES string of the molecule is CCNC(=NCc1cccc(C)c1)NCCS(=O)(=O)N1CCc2ccccc21. The van der Waals surface area contributed by atoms with Gasteiger partial charge in [0, 0.05) is 19.6 Å². The first-order valence-electron chi connectivity index (χ1n) is 9.65. The maximum atomic E-state index is 12.8. The summed E-state index contributed by atoms with van der Waals surface area (Å²) in [7, 11) is -3.37. The van der Waals surface area contributed by atoms with Crippen molar-refractivity contribution in [1.29, 1.82) is 0 Å². The summed E-state index contributed by atoms with van der Waals surface area (Å²) in [5.41, 5.74) is 4.22. The van der Waals surface area contributed by atoms with Crippen molar-refractivity contribution < 1.29 is 8.42 Å². The average molecular weight is 401 g/mol. The Morgan fingerprint density at radius 2 is 1.96 bits per heavy atom. The summed E-state index contributed by atoms with van der Waals surface area (Å²) in [6.07, 6.45) is 0.767. The van der Waals surface area contributed by atoms with Crippen LogP contribution in [0.2, 0.25) is 0 Å². The monoisotopic (exact) mass is 400 g/mol. The van der Waals surface area contributed by atoms with E-state index in [2.05, 4.69) is 34.7 Å². The molecule has 0 saturated heterocycles. The lowest BCUT2D eigenvalue weighted by Crippen LogP contribution is -2.42. The Kier molecular flexibility index (Phi) is 6.57. The van der Waals surface area contributed by atoms with E-state index in [0.717, 1.165) is 23.2 Å². The predicted molar refractivity (Wildman–Crippen MR) is 115 cm³/mol. The topological polar surface area (TPSA) is 73.8 Å². The number of nitrogens with one attached hydrogen (secondary N) is 2. The summed E-state index contributed by atoms with van der Waals surface area (Å²) in [4.78, 5) is 4.56. The number of nitrogens with zero attached hydrogens (tertiary/aromatic N) is 2. The highest BCUT2D eigenvalue weighted by Crippen LogP contribution is 2.29. The minimum absolute atomic E-state index is 0.0240. The third kappa shape index (κ3) is 5.04. The lowest BCUT2D eigenvalue weighted by atomic mass is 10.1. The third-order valence-electron chi connectivity index (χ3n) is 4.68. The van der Waals surface area contributed by atoms with E-state index in [1.54, 1.807) is 0 Å². The van der Waals surface area contributed by atoms with E-state index in [9.17, 15) is 8.42 Å².